The van der Waals surface area contributed by atoms with Crippen molar-refractivity contribution in [1.29, 1.82) is 0 Å². The minimum atomic E-state index is -0.676. The molecule has 1 amide bonds. The van der Waals surface area contributed by atoms with E-state index in [2.05, 4.69) is 41.7 Å². The van der Waals surface area contributed by atoms with Gasteiger partial charge in [0.15, 0.2) is 0 Å². The summed E-state index contributed by atoms with van der Waals surface area (Å²) in [5.41, 5.74) is 8.41. The topological polar surface area (TPSA) is 93.9 Å². The van der Waals surface area contributed by atoms with Crippen molar-refractivity contribution in [3.63, 3.8) is 0 Å². The molecule has 8 heteroatoms. The molecule has 0 bridgehead atoms. The third-order valence-corrected chi connectivity index (χ3v) is 5.90. The van der Waals surface area contributed by atoms with E-state index in [9.17, 15) is 9.90 Å². The zero-order valence-corrected chi connectivity index (χ0v) is 22.5. The van der Waals surface area contributed by atoms with Crippen LogP contribution in [0.1, 0.15) is 40.5 Å². The van der Waals surface area contributed by atoms with Gasteiger partial charge < -0.3 is 31.3 Å². The summed E-state index contributed by atoms with van der Waals surface area (Å²) < 4.78 is 0. The SMILES string of the molecule is C=C/C=C\C1=CCCN(C(=C)SCC(=O)NC(=C/NC)/C(=C\C)N(CC)CCN)C(O)C1.CC. The van der Waals surface area contributed by atoms with E-state index in [-0.39, 0.29) is 11.7 Å². The highest BCUT2D eigenvalue weighted by atomic mass is 32.2. The lowest BCUT2D eigenvalue weighted by Crippen LogP contribution is -2.36. The Labute approximate surface area is 211 Å². The minimum absolute atomic E-state index is 0.141. The molecule has 0 spiro atoms. The molecule has 0 aromatic carbocycles. The van der Waals surface area contributed by atoms with Crippen LogP contribution in [0, 0.1) is 0 Å². The maximum absolute atomic E-state index is 12.7. The summed E-state index contributed by atoms with van der Waals surface area (Å²) in [6.45, 7) is 18.4. The summed E-state index contributed by atoms with van der Waals surface area (Å²) in [5, 5.41) is 17.3. The summed E-state index contributed by atoms with van der Waals surface area (Å²) in [7, 11) is 1.79. The number of hydrogen-bond acceptors (Lipinski definition) is 7. The number of amides is 1. The van der Waals surface area contributed by atoms with Crippen LogP contribution in [0.15, 0.2) is 71.7 Å². The monoisotopic (exact) mass is 491 g/mol. The Balaban J connectivity index is 0.00000529. The number of nitrogens with zero attached hydrogens (tertiary/aromatic N) is 2. The molecule has 5 N–H and O–H groups in total. The van der Waals surface area contributed by atoms with E-state index in [0.29, 0.717) is 36.8 Å². The summed E-state index contributed by atoms with van der Waals surface area (Å²) in [6, 6.07) is 0. The van der Waals surface area contributed by atoms with Gasteiger partial charge in [0.05, 0.1) is 22.2 Å². The van der Waals surface area contributed by atoms with Crippen molar-refractivity contribution in [2.24, 2.45) is 5.73 Å². The molecular weight excluding hydrogens is 446 g/mol. The first-order valence-corrected chi connectivity index (χ1v) is 12.9. The standard InChI is InChI=1S/C24H39N5O2S.C2H6/c1-6-9-11-20-12-10-14-29(24(31)16-20)19(4)32-18-23(30)27-21(17-26-5)22(7-2)28(8-3)15-13-25;1-2/h6-7,9,11-12,17,24,26,31H,1,4,8,10,13-16,18,25H2,2-3,5H3,(H,27,30);1-2H3/b11-9-,21-17+,22-7+;. The van der Waals surface area contributed by atoms with Gasteiger partial charge in [0, 0.05) is 45.8 Å². The van der Waals surface area contributed by atoms with E-state index >= 15 is 0 Å². The normalized spacial score (nSPS) is 16.7. The molecule has 192 valence electrons. The highest BCUT2D eigenvalue weighted by Gasteiger charge is 2.21. The third kappa shape index (κ3) is 11.1. The van der Waals surface area contributed by atoms with Gasteiger partial charge in [0.1, 0.15) is 6.23 Å². The Bertz CT molecular complexity index is 758. The largest absolute Gasteiger partial charge is 0.392 e. The van der Waals surface area contributed by atoms with E-state index < -0.39 is 6.23 Å². The first-order chi connectivity index (χ1) is 16.4. The number of nitrogens with two attached hydrogens (primary N) is 1. The van der Waals surface area contributed by atoms with Gasteiger partial charge in [-0.15, -0.1) is 0 Å². The number of hydrogen-bond donors (Lipinski definition) is 4. The zero-order chi connectivity index (χ0) is 25.9. The van der Waals surface area contributed by atoms with Crippen molar-refractivity contribution in [3.05, 3.63) is 71.7 Å². The molecule has 1 atom stereocenters. The van der Waals surface area contributed by atoms with Gasteiger partial charge in [0.2, 0.25) is 5.91 Å². The molecule has 0 saturated carbocycles. The maximum Gasteiger partial charge on any atom is 0.234 e. The predicted molar refractivity (Wildman–Crippen MR) is 148 cm³/mol. The van der Waals surface area contributed by atoms with E-state index in [1.165, 1.54) is 11.8 Å². The molecule has 1 aliphatic rings. The van der Waals surface area contributed by atoms with Crippen LogP contribution in [-0.4, -0.2) is 66.0 Å². The van der Waals surface area contributed by atoms with Crippen LogP contribution < -0.4 is 16.4 Å². The summed E-state index contributed by atoms with van der Waals surface area (Å²) in [6.07, 6.45) is 12.0. The number of aliphatic hydroxyl groups excluding tert-OH is 1. The van der Waals surface area contributed by atoms with Crippen LogP contribution in [0.3, 0.4) is 0 Å². The summed E-state index contributed by atoms with van der Waals surface area (Å²) in [4.78, 5) is 16.7. The van der Waals surface area contributed by atoms with Gasteiger partial charge >= 0.3 is 0 Å². The molecule has 1 rings (SSSR count). The van der Waals surface area contributed by atoms with Crippen LogP contribution in [-0.2, 0) is 4.79 Å². The molecule has 0 saturated heterocycles. The molecule has 1 aliphatic heterocycles. The number of carbonyl (C=O) groups excluding carboxylic acids is 1. The second kappa shape index (κ2) is 18.9. The quantitative estimate of drug-likeness (QED) is 0.292. The van der Waals surface area contributed by atoms with Crippen molar-refractivity contribution >= 4 is 17.7 Å². The number of likely N-dealkylation sites (N-methyl/N-ethyl adjacent to an activating group) is 1. The first-order valence-electron chi connectivity index (χ1n) is 11.9. The Hall–Kier alpha value is -2.42. The van der Waals surface area contributed by atoms with Crippen LogP contribution in [0.25, 0.3) is 0 Å². The van der Waals surface area contributed by atoms with Gasteiger partial charge in [-0.1, -0.05) is 69.1 Å². The van der Waals surface area contributed by atoms with E-state index in [0.717, 1.165) is 24.2 Å². The molecule has 1 heterocycles. The lowest BCUT2D eigenvalue weighted by molar-refractivity contribution is -0.117. The number of nitrogens with one attached hydrogen (secondary N) is 2. The minimum Gasteiger partial charge on any atom is -0.392 e. The second-order valence-electron chi connectivity index (χ2n) is 7.16. The number of carbonyl (C=O) groups is 1. The number of allylic oxidation sites excluding steroid dienone is 4. The van der Waals surface area contributed by atoms with E-state index in [4.69, 9.17) is 5.73 Å². The third-order valence-electron chi connectivity index (χ3n) is 4.92. The number of rotatable bonds is 13. The van der Waals surface area contributed by atoms with Crippen LogP contribution in [0.2, 0.25) is 0 Å². The highest BCUT2D eigenvalue weighted by molar-refractivity contribution is 8.03. The smallest absolute Gasteiger partial charge is 0.234 e. The maximum atomic E-state index is 12.7. The van der Waals surface area contributed by atoms with Crippen LogP contribution >= 0.6 is 11.8 Å². The van der Waals surface area contributed by atoms with Crippen molar-refractivity contribution in [2.75, 3.05) is 39.0 Å². The van der Waals surface area contributed by atoms with Gasteiger partial charge in [0.25, 0.3) is 0 Å². The molecule has 7 nitrogen and oxygen atoms in total. The van der Waals surface area contributed by atoms with E-state index in [1.54, 1.807) is 19.3 Å². The average Bonchev–Trinajstić information content (AvgIpc) is 3.03. The average molecular weight is 492 g/mol. The lowest BCUT2D eigenvalue weighted by atomic mass is 10.1. The van der Waals surface area contributed by atoms with Gasteiger partial charge in [-0.2, -0.15) is 0 Å². The molecule has 1 unspecified atom stereocenters. The predicted octanol–water partition coefficient (Wildman–Crippen LogP) is 3.66. The lowest BCUT2D eigenvalue weighted by Gasteiger charge is -2.30. The van der Waals surface area contributed by atoms with Crippen molar-refractivity contribution in [2.45, 2.75) is 46.8 Å². The van der Waals surface area contributed by atoms with E-state index in [1.807, 2.05) is 43.9 Å². The Kier molecular flexibility index (Phi) is 17.6. The van der Waals surface area contributed by atoms with Gasteiger partial charge in [-0.25, -0.2) is 0 Å². The fourth-order valence-electron chi connectivity index (χ4n) is 3.41. The van der Waals surface area contributed by atoms with Crippen molar-refractivity contribution < 1.29 is 9.90 Å². The van der Waals surface area contributed by atoms with Crippen LogP contribution in [0.5, 0.6) is 0 Å². The van der Waals surface area contributed by atoms with Gasteiger partial charge in [-0.3, -0.25) is 4.79 Å². The molecular formula is C26H45N5O2S. The summed E-state index contributed by atoms with van der Waals surface area (Å²) in [5.74, 6) is 0.0533. The van der Waals surface area contributed by atoms with Crippen molar-refractivity contribution in [3.8, 4) is 0 Å². The molecule has 0 aromatic heterocycles. The Morgan fingerprint density at radius 1 is 1.44 bits per heavy atom. The highest BCUT2D eigenvalue weighted by Crippen LogP contribution is 2.26. The second-order valence-corrected chi connectivity index (χ2v) is 8.21. The van der Waals surface area contributed by atoms with Gasteiger partial charge in [-0.05, 0) is 25.8 Å². The molecule has 0 aliphatic carbocycles. The fraction of sp³-hybridized carbons (Fsp3) is 0.500. The fourth-order valence-corrected chi connectivity index (χ4v) is 4.16. The number of aliphatic hydroxyl groups is 1. The first kappa shape index (κ1) is 31.6. The molecule has 0 aromatic rings. The Morgan fingerprint density at radius 3 is 2.71 bits per heavy atom. The molecule has 0 fully saturated rings. The van der Waals surface area contributed by atoms with Crippen LogP contribution in [0.4, 0.5) is 0 Å². The Morgan fingerprint density at radius 2 is 2.15 bits per heavy atom. The zero-order valence-electron chi connectivity index (χ0n) is 21.6. The summed E-state index contributed by atoms with van der Waals surface area (Å²) >= 11 is 1.33. The molecule has 34 heavy (non-hydrogen) atoms. The number of thioether (sulfide) groups is 1. The van der Waals surface area contributed by atoms with Crippen molar-refractivity contribution in [1.82, 2.24) is 20.4 Å². The molecule has 0 radical (unpaired) electrons.